The van der Waals surface area contributed by atoms with Gasteiger partial charge in [0.25, 0.3) is 0 Å². The van der Waals surface area contributed by atoms with Crippen LogP contribution in [0.5, 0.6) is 0 Å². The van der Waals surface area contributed by atoms with Crippen molar-refractivity contribution < 1.29 is 4.79 Å². The van der Waals surface area contributed by atoms with Crippen LogP contribution < -0.4 is 11.1 Å². The summed E-state index contributed by atoms with van der Waals surface area (Å²) in [5, 5.41) is 14.8. The summed E-state index contributed by atoms with van der Waals surface area (Å²) in [4.78, 5) is 15.6. The summed E-state index contributed by atoms with van der Waals surface area (Å²) in [7, 11) is 0. The predicted octanol–water partition coefficient (Wildman–Crippen LogP) is 0.00880. The number of hydrogen-bond acceptors (Lipinski definition) is 8. The van der Waals surface area contributed by atoms with Gasteiger partial charge in [-0.2, -0.15) is 5.10 Å². The van der Waals surface area contributed by atoms with E-state index in [1.54, 1.807) is 11.0 Å². The van der Waals surface area contributed by atoms with Crippen LogP contribution in [0.3, 0.4) is 0 Å². The highest BCUT2D eigenvalue weighted by molar-refractivity contribution is 8.01. The first kappa shape index (κ1) is 13.7. The van der Waals surface area contributed by atoms with E-state index in [0.717, 1.165) is 0 Å². The van der Waals surface area contributed by atoms with Crippen LogP contribution in [0.1, 0.15) is 6.92 Å². The molecule has 0 saturated heterocycles. The second kappa shape index (κ2) is 6.48. The number of carbonyl (C=O) groups excluding carboxylic acids is 1. The van der Waals surface area contributed by atoms with Crippen molar-refractivity contribution in [1.29, 1.82) is 0 Å². The van der Waals surface area contributed by atoms with Crippen LogP contribution in [-0.2, 0) is 11.3 Å². The van der Waals surface area contributed by atoms with Crippen molar-refractivity contribution in [3.8, 4) is 0 Å². The molecule has 0 aliphatic rings. The number of nitrogen functional groups attached to an aromatic ring is 1. The molecule has 0 bridgehead atoms. The van der Waals surface area contributed by atoms with E-state index < -0.39 is 0 Å². The number of hydrogen-bond donors (Lipinski definition) is 2. The zero-order valence-electron chi connectivity index (χ0n) is 10.2. The molecule has 0 aliphatic heterocycles. The Hall–Kier alpha value is -1.68. The Labute approximate surface area is 117 Å². The molecule has 0 unspecified atom stereocenters. The molecule has 10 heteroatoms. The largest absolute Gasteiger partial charge is 0.374 e. The summed E-state index contributed by atoms with van der Waals surface area (Å²) in [5.74, 6) is 0.224. The topological polar surface area (TPSA) is 112 Å². The van der Waals surface area contributed by atoms with Gasteiger partial charge in [0, 0.05) is 6.04 Å². The summed E-state index contributed by atoms with van der Waals surface area (Å²) in [6, 6.07) is -0.0192. The summed E-state index contributed by atoms with van der Waals surface area (Å²) in [6.07, 6.45) is 3.08. The van der Waals surface area contributed by atoms with Gasteiger partial charge < -0.3 is 11.1 Å². The molecule has 1 atom stereocenters. The minimum absolute atomic E-state index is 0.0192. The highest BCUT2D eigenvalue weighted by Gasteiger charge is 2.10. The van der Waals surface area contributed by atoms with Crippen molar-refractivity contribution in [2.24, 2.45) is 0 Å². The lowest BCUT2D eigenvalue weighted by molar-refractivity contribution is -0.119. The molecule has 8 nitrogen and oxygen atoms in total. The molecular weight excluding hydrogens is 286 g/mol. The second-order valence-corrected chi connectivity index (χ2v) is 6.01. The Bertz CT molecular complexity index is 526. The van der Waals surface area contributed by atoms with Crippen LogP contribution in [0, 0.1) is 0 Å². The van der Waals surface area contributed by atoms with E-state index in [1.165, 1.54) is 29.4 Å². The quantitative estimate of drug-likeness (QED) is 0.722. The van der Waals surface area contributed by atoms with E-state index in [2.05, 4.69) is 25.6 Å². The molecule has 19 heavy (non-hydrogen) atoms. The SMILES string of the molecule is C[C@@H](Cn1cncn1)NC(=O)CSc1nnc(N)s1. The molecule has 2 aromatic heterocycles. The zero-order valence-corrected chi connectivity index (χ0v) is 11.8. The van der Waals surface area contributed by atoms with Crippen molar-refractivity contribution in [2.45, 2.75) is 23.8 Å². The molecule has 0 radical (unpaired) electrons. The number of nitrogens with zero attached hydrogens (tertiary/aromatic N) is 5. The number of rotatable bonds is 6. The van der Waals surface area contributed by atoms with Crippen molar-refractivity contribution in [3.63, 3.8) is 0 Å². The summed E-state index contributed by atoms with van der Waals surface area (Å²) >= 11 is 2.59. The van der Waals surface area contributed by atoms with Gasteiger partial charge in [0.1, 0.15) is 12.7 Å². The molecule has 102 valence electrons. The third-order valence-electron chi connectivity index (χ3n) is 2.08. The molecule has 2 rings (SSSR count). The smallest absolute Gasteiger partial charge is 0.230 e. The summed E-state index contributed by atoms with van der Waals surface area (Å²) in [5.41, 5.74) is 5.46. The van der Waals surface area contributed by atoms with Gasteiger partial charge in [-0.1, -0.05) is 23.1 Å². The van der Waals surface area contributed by atoms with Crippen LogP contribution in [-0.4, -0.2) is 42.7 Å². The average molecular weight is 299 g/mol. The van der Waals surface area contributed by atoms with Crippen LogP contribution in [0.15, 0.2) is 17.0 Å². The van der Waals surface area contributed by atoms with Gasteiger partial charge in [-0.15, -0.1) is 10.2 Å². The van der Waals surface area contributed by atoms with Gasteiger partial charge in [0.15, 0.2) is 4.34 Å². The van der Waals surface area contributed by atoms with Crippen LogP contribution in [0.2, 0.25) is 0 Å². The van der Waals surface area contributed by atoms with Gasteiger partial charge in [0.05, 0.1) is 12.3 Å². The number of nitrogens with two attached hydrogens (primary N) is 1. The average Bonchev–Trinajstić information content (AvgIpc) is 2.98. The maximum atomic E-state index is 11.7. The van der Waals surface area contributed by atoms with Crippen molar-refractivity contribution in [1.82, 2.24) is 30.3 Å². The lowest BCUT2D eigenvalue weighted by Crippen LogP contribution is -2.36. The fourth-order valence-electron chi connectivity index (χ4n) is 1.38. The van der Waals surface area contributed by atoms with Crippen molar-refractivity contribution in [3.05, 3.63) is 12.7 Å². The number of thioether (sulfide) groups is 1. The van der Waals surface area contributed by atoms with Crippen LogP contribution in [0.25, 0.3) is 0 Å². The number of anilines is 1. The molecule has 0 aliphatic carbocycles. The van der Waals surface area contributed by atoms with Crippen molar-refractivity contribution >= 4 is 34.1 Å². The number of nitrogens with one attached hydrogen (secondary N) is 1. The first-order valence-corrected chi connectivity index (χ1v) is 7.27. The van der Waals surface area contributed by atoms with Gasteiger partial charge in [-0.3, -0.25) is 9.48 Å². The van der Waals surface area contributed by atoms with Gasteiger partial charge in [0.2, 0.25) is 11.0 Å². The maximum Gasteiger partial charge on any atom is 0.230 e. The zero-order chi connectivity index (χ0) is 13.7. The number of amides is 1. The fraction of sp³-hybridized carbons (Fsp3) is 0.444. The second-order valence-electron chi connectivity index (χ2n) is 3.78. The Kier molecular flexibility index (Phi) is 4.68. The fourth-order valence-corrected chi connectivity index (χ4v) is 2.82. The van der Waals surface area contributed by atoms with Crippen LogP contribution in [0.4, 0.5) is 5.13 Å². The molecule has 0 aromatic carbocycles. The molecular formula is C9H13N7OS2. The molecule has 0 saturated carbocycles. The number of carbonyl (C=O) groups is 1. The Morgan fingerprint density at radius 3 is 3.11 bits per heavy atom. The first-order chi connectivity index (χ1) is 9.13. The minimum atomic E-state index is -0.0635. The van der Waals surface area contributed by atoms with E-state index in [4.69, 9.17) is 5.73 Å². The van der Waals surface area contributed by atoms with Crippen molar-refractivity contribution in [2.75, 3.05) is 11.5 Å². The predicted molar refractivity (Wildman–Crippen MR) is 72.7 cm³/mol. The highest BCUT2D eigenvalue weighted by atomic mass is 32.2. The number of aromatic nitrogens is 5. The Morgan fingerprint density at radius 2 is 2.47 bits per heavy atom. The Balaban J connectivity index is 1.71. The Morgan fingerprint density at radius 1 is 1.63 bits per heavy atom. The third-order valence-corrected chi connectivity index (χ3v) is 3.97. The van der Waals surface area contributed by atoms with E-state index in [0.29, 0.717) is 16.0 Å². The van der Waals surface area contributed by atoms with E-state index in [1.807, 2.05) is 6.92 Å². The molecule has 0 fully saturated rings. The van der Waals surface area contributed by atoms with E-state index in [9.17, 15) is 4.79 Å². The molecule has 3 N–H and O–H groups in total. The maximum absolute atomic E-state index is 11.7. The standard InChI is InChI=1S/C9H13N7OS2/c1-6(2-16-5-11-4-12-16)13-7(17)3-18-9-15-14-8(10)19-9/h4-6H,2-3H2,1H3,(H2,10,14)(H,13,17)/t6-/m0/s1. The van der Waals surface area contributed by atoms with E-state index in [-0.39, 0.29) is 17.7 Å². The van der Waals surface area contributed by atoms with E-state index >= 15 is 0 Å². The lowest BCUT2D eigenvalue weighted by Gasteiger charge is -2.12. The lowest BCUT2D eigenvalue weighted by atomic mass is 10.3. The molecule has 1 amide bonds. The van der Waals surface area contributed by atoms with Crippen LogP contribution >= 0.6 is 23.1 Å². The minimum Gasteiger partial charge on any atom is -0.374 e. The van der Waals surface area contributed by atoms with Gasteiger partial charge in [-0.25, -0.2) is 4.98 Å². The summed E-state index contributed by atoms with van der Waals surface area (Å²) < 4.78 is 2.36. The monoisotopic (exact) mass is 299 g/mol. The highest BCUT2D eigenvalue weighted by Crippen LogP contribution is 2.22. The molecule has 2 heterocycles. The van der Waals surface area contributed by atoms with Gasteiger partial charge >= 0.3 is 0 Å². The first-order valence-electron chi connectivity index (χ1n) is 5.47. The third kappa shape index (κ3) is 4.48. The normalized spacial score (nSPS) is 12.3. The van der Waals surface area contributed by atoms with Gasteiger partial charge in [-0.05, 0) is 6.92 Å². The summed E-state index contributed by atoms with van der Waals surface area (Å²) in [6.45, 7) is 2.50. The molecule has 2 aromatic rings. The molecule has 0 spiro atoms.